The molecule has 0 spiro atoms. The Kier molecular flexibility index (Phi) is 3.19. The number of anilines is 1. The van der Waals surface area contributed by atoms with Crippen LogP contribution >= 0.6 is 0 Å². The van der Waals surface area contributed by atoms with Crippen LogP contribution in [0.1, 0.15) is 6.92 Å². The summed E-state index contributed by atoms with van der Waals surface area (Å²) in [7, 11) is 0. The number of amides is 1. The van der Waals surface area contributed by atoms with Gasteiger partial charge >= 0.3 is 0 Å². The second kappa shape index (κ2) is 5.16. The maximum absolute atomic E-state index is 12.1. The van der Waals surface area contributed by atoms with Crippen LogP contribution in [0, 0.1) is 0 Å². The van der Waals surface area contributed by atoms with Crippen molar-refractivity contribution in [1.29, 1.82) is 0 Å². The molecular formula is C15H12N4O2. The summed E-state index contributed by atoms with van der Waals surface area (Å²) in [4.78, 5) is 34.1. The molecule has 0 aliphatic rings. The zero-order chi connectivity index (χ0) is 14.8. The summed E-state index contributed by atoms with van der Waals surface area (Å²) in [6, 6.07) is 13.1. The van der Waals surface area contributed by atoms with E-state index in [1.54, 1.807) is 12.1 Å². The molecule has 0 bridgehead atoms. The van der Waals surface area contributed by atoms with Crippen molar-refractivity contribution >= 4 is 22.9 Å². The van der Waals surface area contributed by atoms with E-state index in [9.17, 15) is 9.59 Å². The summed E-state index contributed by atoms with van der Waals surface area (Å²) in [5.74, 6) is -0.180. The number of hydrogen-bond donors (Lipinski definition) is 2. The fourth-order valence-electron chi connectivity index (χ4n) is 2.02. The molecule has 2 heterocycles. The Morgan fingerprint density at radius 3 is 2.57 bits per heavy atom. The highest BCUT2D eigenvalue weighted by atomic mass is 16.1. The molecule has 3 rings (SSSR count). The first kappa shape index (κ1) is 13.0. The number of hydrogen-bond acceptors (Lipinski definition) is 4. The van der Waals surface area contributed by atoms with Gasteiger partial charge in [0.25, 0.3) is 5.56 Å². The SMILES string of the molecule is CC(=O)Nc1nc2ccc(-c3ccccc3)nc2c(=O)[nH]1. The van der Waals surface area contributed by atoms with Gasteiger partial charge < -0.3 is 0 Å². The highest BCUT2D eigenvalue weighted by Gasteiger charge is 2.08. The minimum Gasteiger partial charge on any atom is -0.296 e. The van der Waals surface area contributed by atoms with Crippen molar-refractivity contribution in [3.63, 3.8) is 0 Å². The van der Waals surface area contributed by atoms with E-state index in [2.05, 4.69) is 20.3 Å². The van der Waals surface area contributed by atoms with Gasteiger partial charge in [-0.15, -0.1) is 0 Å². The number of pyridine rings is 1. The maximum Gasteiger partial charge on any atom is 0.278 e. The number of aromatic nitrogens is 3. The molecule has 3 aromatic rings. The molecule has 104 valence electrons. The highest BCUT2D eigenvalue weighted by molar-refractivity contribution is 5.88. The fourth-order valence-corrected chi connectivity index (χ4v) is 2.02. The van der Waals surface area contributed by atoms with Crippen LogP contribution in [0.3, 0.4) is 0 Å². The first-order chi connectivity index (χ1) is 10.1. The molecule has 0 aliphatic carbocycles. The Balaban J connectivity index is 2.13. The Morgan fingerprint density at radius 2 is 1.86 bits per heavy atom. The summed E-state index contributed by atoms with van der Waals surface area (Å²) < 4.78 is 0. The number of rotatable bonds is 2. The van der Waals surface area contributed by atoms with Gasteiger partial charge in [0.2, 0.25) is 11.9 Å². The van der Waals surface area contributed by atoms with Crippen LogP contribution in [-0.2, 0) is 4.79 Å². The highest BCUT2D eigenvalue weighted by Crippen LogP contribution is 2.18. The number of carbonyl (C=O) groups is 1. The van der Waals surface area contributed by atoms with Gasteiger partial charge in [-0.05, 0) is 12.1 Å². The van der Waals surface area contributed by atoms with E-state index in [-0.39, 0.29) is 22.9 Å². The average Bonchev–Trinajstić information content (AvgIpc) is 2.47. The zero-order valence-corrected chi connectivity index (χ0v) is 11.3. The number of fused-ring (bicyclic) bond motifs is 1. The van der Waals surface area contributed by atoms with Crippen LogP contribution in [0.5, 0.6) is 0 Å². The Hall–Kier alpha value is -3.02. The van der Waals surface area contributed by atoms with Crippen LogP contribution in [0.15, 0.2) is 47.3 Å². The monoisotopic (exact) mass is 280 g/mol. The van der Waals surface area contributed by atoms with Crippen LogP contribution in [0.4, 0.5) is 5.95 Å². The topological polar surface area (TPSA) is 87.7 Å². The third kappa shape index (κ3) is 2.64. The second-order valence-corrected chi connectivity index (χ2v) is 4.53. The molecule has 21 heavy (non-hydrogen) atoms. The number of nitrogens with zero attached hydrogens (tertiary/aromatic N) is 2. The van der Waals surface area contributed by atoms with Crippen LogP contribution in [-0.4, -0.2) is 20.9 Å². The first-order valence-electron chi connectivity index (χ1n) is 6.37. The van der Waals surface area contributed by atoms with E-state index in [1.807, 2.05) is 30.3 Å². The maximum atomic E-state index is 12.1. The first-order valence-corrected chi connectivity index (χ1v) is 6.37. The number of H-pyrrole nitrogens is 1. The van der Waals surface area contributed by atoms with Crippen molar-refractivity contribution in [1.82, 2.24) is 15.0 Å². The van der Waals surface area contributed by atoms with Gasteiger partial charge in [0.1, 0.15) is 0 Å². The van der Waals surface area contributed by atoms with E-state index in [1.165, 1.54) is 6.92 Å². The van der Waals surface area contributed by atoms with Crippen molar-refractivity contribution in [2.24, 2.45) is 0 Å². The minimum absolute atomic E-state index is 0.120. The lowest BCUT2D eigenvalue weighted by Crippen LogP contribution is -2.16. The third-order valence-electron chi connectivity index (χ3n) is 2.92. The van der Waals surface area contributed by atoms with Crippen LogP contribution in [0.2, 0.25) is 0 Å². The number of nitrogens with one attached hydrogen (secondary N) is 2. The molecule has 1 aromatic carbocycles. The van der Waals surface area contributed by atoms with E-state index in [0.717, 1.165) is 5.56 Å². The normalized spacial score (nSPS) is 10.5. The molecule has 0 aliphatic heterocycles. The largest absolute Gasteiger partial charge is 0.296 e. The molecule has 0 fully saturated rings. The summed E-state index contributed by atoms with van der Waals surface area (Å²) in [5, 5.41) is 2.45. The lowest BCUT2D eigenvalue weighted by molar-refractivity contribution is -0.114. The van der Waals surface area contributed by atoms with Gasteiger partial charge in [-0.25, -0.2) is 9.97 Å². The summed E-state index contributed by atoms with van der Waals surface area (Å²) in [6.07, 6.45) is 0. The molecule has 0 atom stereocenters. The van der Waals surface area contributed by atoms with Gasteiger partial charge in [-0.2, -0.15) is 0 Å². The van der Waals surface area contributed by atoms with Crippen molar-refractivity contribution in [3.8, 4) is 11.3 Å². The minimum atomic E-state index is -0.387. The average molecular weight is 280 g/mol. The quantitative estimate of drug-likeness (QED) is 0.751. The molecule has 0 saturated carbocycles. The Labute approximate surface area is 119 Å². The predicted octanol–water partition coefficient (Wildman–Crippen LogP) is 1.94. The van der Waals surface area contributed by atoms with Crippen molar-refractivity contribution < 1.29 is 4.79 Å². The van der Waals surface area contributed by atoms with Gasteiger partial charge in [0, 0.05) is 12.5 Å². The molecule has 2 aromatic heterocycles. The number of benzene rings is 1. The van der Waals surface area contributed by atoms with Gasteiger partial charge in [0.15, 0.2) is 5.52 Å². The van der Waals surface area contributed by atoms with Crippen molar-refractivity contribution in [2.75, 3.05) is 5.32 Å². The number of aromatic amines is 1. The second-order valence-electron chi connectivity index (χ2n) is 4.53. The van der Waals surface area contributed by atoms with Crippen molar-refractivity contribution in [3.05, 3.63) is 52.8 Å². The molecular weight excluding hydrogens is 268 g/mol. The molecule has 0 radical (unpaired) electrons. The lowest BCUT2D eigenvalue weighted by Gasteiger charge is -2.04. The molecule has 0 saturated heterocycles. The standard InChI is InChI=1S/C15H12N4O2/c1-9(20)16-15-18-12-8-7-11(10-5-3-2-4-6-10)17-13(12)14(21)19-15/h2-8H,1H3,(H2,16,18,19,20,21). The molecule has 0 unspecified atom stereocenters. The fraction of sp³-hybridized carbons (Fsp3) is 0.0667. The van der Waals surface area contributed by atoms with Crippen LogP contribution in [0.25, 0.3) is 22.3 Å². The Bertz CT molecular complexity index is 872. The van der Waals surface area contributed by atoms with Gasteiger partial charge in [-0.1, -0.05) is 30.3 Å². The summed E-state index contributed by atoms with van der Waals surface area (Å²) in [6.45, 7) is 1.35. The smallest absolute Gasteiger partial charge is 0.278 e. The van der Waals surface area contributed by atoms with Crippen LogP contribution < -0.4 is 10.9 Å². The van der Waals surface area contributed by atoms with E-state index < -0.39 is 0 Å². The zero-order valence-electron chi connectivity index (χ0n) is 11.3. The Morgan fingerprint density at radius 1 is 1.10 bits per heavy atom. The van der Waals surface area contributed by atoms with E-state index >= 15 is 0 Å². The van der Waals surface area contributed by atoms with Gasteiger partial charge in [0.05, 0.1) is 11.2 Å². The lowest BCUT2D eigenvalue weighted by atomic mass is 10.1. The summed E-state index contributed by atoms with van der Waals surface area (Å²) in [5.41, 5.74) is 1.90. The summed E-state index contributed by atoms with van der Waals surface area (Å²) >= 11 is 0. The van der Waals surface area contributed by atoms with Crippen molar-refractivity contribution in [2.45, 2.75) is 6.92 Å². The molecule has 1 amide bonds. The predicted molar refractivity (Wildman–Crippen MR) is 79.9 cm³/mol. The van der Waals surface area contributed by atoms with Gasteiger partial charge in [-0.3, -0.25) is 19.9 Å². The van der Waals surface area contributed by atoms with E-state index in [0.29, 0.717) is 11.2 Å². The number of carbonyl (C=O) groups excluding carboxylic acids is 1. The van der Waals surface area contributed by atoms with E-state index in [4.69, 9.17) is 0 Å². The molecule has 6 heteroatoms. The third-order valence-corrected chi connectivity index (χ3v) is 2.92. The molecule has 2 N–H and O–H groups in total. The molecule has 6 nitrogen and oxygen atoms in total.